The van der Waals surface area contributed by atoms with Crippen molar-refractivity contribution in [2.24, 2.45) is 5.92 Å². The predicted molar refractivity (Wildman–Crippen MR) is 102 cm³/mol. The molecule has 1 atom stereocenters. The molecule has 1 unspecified atom stereocenters. The average molecular weight is 348 g/mol. The topological polar surface area (TPSA) is 52.7 Å². The van der Waals surface area contributed by atoms with Gasteiger partial charge >= 0.3 is 0 Å². The molecule has 1 aromatic rings. The van der Waals surface area contributed by atoms with Gasteiger partial charge in [-0.05, 0) is 38.2 Å². The van der Waals surface area contributed by atoms with E-state index in [4.69, 9.17) is 0 Å². The maximum Gasteiger partial charge on any atom is 0.237 e. The minimum atomic E-state index is -0.386. The number of rotatable bonds is 11. The van der Waals surface area contributed by atoms with Gasteiger partial charge < -0.3 is 19.9 Å². The largest absolute Gasteiger partial charge is 0.327 e. The standard InChI is InChI=1S/C20H33N3O2/c1-6-16(7-2)19(15-24)23(20(25)12-21-3)14-18-11-9-8-10-17(18)13-22(4)5/h8-11,15-16,19,21H,6-7,12-14H2,1-5H3. The van der Waals surface area contributed by atoms with Crippen molar-refractivity contribution in [3.8, 4) is 0 Å². The second kappa shape index (κ2) is 11.0. The number of benzene rings is 1. The Hall–Kier alpha value is -1.72. The van der Waals surface area contributed by atoms with Crippen molar-refractivity contribution < 1.29 is 9.59 Å². The fourth-order valence-electron chi connectivity index (χ4n) is 3.21. The highest BCUT2D eigenvalue weighted by atomic mass is 16.2. The van der Waals surface area contributed by atoms with Crippen LogP contribution in [-0.2, 0) is 22.7 Å². The number of nitrogens with zero attached hydrogens (tertiary/aromatic N) is 2. The SMILES string of the molecule is CCC(CC)C(C=O)N(Cc1ccccc1CN(C)C)C(=O)CNC. The van der Waals surface area contributed by atoms with E-state index in [1.54, 1.807) is 11.9 Å². The van der Waals surface area contributed by atoms with Crippen molar-refractivity contribution >= 4 is 12.2 Å². The summed E-state index contributed by atoms with van der Waals surface area (Å²) >= 11 is 0. The Balaban J connectivity index is 3.17. The van der Waals surface area contributed by atoms with Gasteiger partial charge in [0.2, 0.25) is 5.91 Å². The number of carbonyl (C=O) groups excluding carboxylic acids is 2. The van der Waals surface area contributed by atoms with E-state index in [1.165, 1.54) is 5.56 Å². The molecule has 5 heteroatoms. The Kier molecular flexibility index (Phi) is 9.39. The predicted octanol–water partition coefficient (Wildman–Crippen LogP) is 2.30. The van der Waals surface area contributed by atoms with Crippen LogP contribution in [0.4, 0.5) is 0 Å². The molecule has 0 aliphatic carbocycles. The smallest absolute Gasteiger partial charge is 0.237 e. The van der Waals surface area contributed by atoms with Gasteiger partial charge in [-0.3, -0.25) is 4.79 Å². The normalized spacial score (nSPS) is 12.4. The van der Waals surface area contributed by atoms with E-state index >= 15 is 0 Å². The van der Waals surface area contributed by atoms with Crippen LogP contribution in [0.5, 0.6) is 0 Å². The number of aldehydes is 1. The summed E-state index contributed by atoms with van der Waals surface area (Å²) in [5.41, 5.74) is 2.28. The van der Waals surface area contributed by atoms with Gasteiger partial charge in [-0.2, -0.15) is 0 Å². The minimum Gasteiger partial charge on any atom is -0.327 e. The molecule has 0 fully saturated rings. The van der Waals surface area contributed by atoms with E-state index in [2.05, 4.69) is 30.1 Å². The molecule has 0 aliphatic heterocycles. The Labute approximate surface area is 152 Å². The molecule has 0 spiro atoms. The third kappa shape index (κ3) is 6.25. The van der Waals surface area contributed by atoms with Gasteiger partial charge in [0.1, 0.15) is 6.29 Å². The minimum absolute atomic E-state index is 0.0360. The number of hydrogen-bond acceptors (Lipinski definition) is 4. The van der Waals surface area contributed by atoms with Gasteiger partial charge in [0.25, 0.3) is 0 Å². The first-order valence-corrected chi connectivity index (χ1v) is 9.09. The molecule has 1 aromatic carbocycles. The Bertz CT molecular complexity index is 541. The van der Waals surface area contributed by atoms with Gasteiger partial charge in [-0.25, -0.2) is 0 Å². The van der Waals surface area contributed by atoms with Crippen molar-refractivity contribution in [1.82, 2.24) is 15.1 Å². The van der Waals surface area contributed by atoms with Crippen molar-refractivity contribution in [3.05, 3.63) is 35.4 Å². The lowest BCUT2D eigenvalue weighted by Crippen LogP contribution is -2.48. The molecule has 0 saturated heterocycles. The summed E-state index contributed by atoms with van der Waals surface area (Å²) in [7, 11) is 5.81. The first-order valence-electron chi connectivity index (χ1n) is 9.09. The van der Waals surface area contributed by atoms with Gasteiger partial charge in [-0.1, -0.05) is 51.0 Å². The van der Waals surface area contributed by atoms with Gasteiger partial charge in [0.05, 0.1) is 12.6 Å². The summed E-state index contributed by atoms with van der Waals surface area (Å²) in [5.74, 6) is 0.144. The molecule has 0 radical (unpaired) electrons. The van der Waals surface area contributed by atoms with Gasteiger partial charge in [-0.15, -0.1) is 0 Å². The van der Waals surface area contributed by atoms with Crippen LogP contribution in [0.3, 0.4) is 0 Å². The molecule has 0 bridgehead atoms. The lowest BCUT2D eigenvalue weighted by Gasteiger charge is -2.34. The molecule has 1 rings (SSSR count). The van der Waals surface area contributed by atoms with Crippen molar-refractivity contribution in [1.29, 1.82) is 0 Å². The number of likely N-dealkylation sites (N-methyl/N-ethyl adjacent to an activating group) is 1. The molecule has 140 valence electrons. The maximum absolute atomic E-state index is 12.7. The summed E-state index contributed by atoms with van der Waals surface area (Å²) in [6, 6.07) is 7.75. The third-order valence-corrected chi connectivity index (χ3v) is 4.63. The lowest BCUT2D eigenvalue weighted by atomic mass is 9.93. The van der Waals surface area contributed by atoms with Crippen LogP contribution >= 0.6 is 0 Å². The lowest BCUT2D eigenvalue weighted by molar-refractivity contribution is -0.138. The van der Waals surface area contributed by atoms with E-state index in [9.17, 15) is 9.59 Å². The number of amides is 1. The van der Waals surface area contributed by atoms with Crippen molar-refractivity contribution in [2.45, 2.75) is 45.8 Å². The fraction of sp³-hybridized carbons (Fsp3) is 0.600. The third-order valence-electron chi connectivity index (χ3n) is 4.63. The summed E-state index contributed by atoms with van der Waals surface area (Å²) < 4.78 is 0. The molecule has 1 amide bonds. The molecule has 0 saturated carbocycles. The second-order valence-corrected chi connectivity index (χ2v) is 6.76. The van der Waals surface area contributed by atoms with Crippen LogP contribution in [-0.4, -0.2) is 55.7 Å². The molecule has 0 aromatic heterocycles. The van der Waals surface area contributed by atoms with Crippen LogP contribution < -0.4 is 5.32 Å². The van der Waals surface area contributed by atoms with Crippen molar-refractivity contribution in [3.63, 3.8) is 0 Å². The first-order chi connectivity index (χ1) is 12.0. The zero-order valence-electron chi connectivity index (χ0n) is 16.3. The summed E-state index contributed by atoms with van der Waals surface area (Å²) in [6.07, 6.45) is 2.70. The van der Waals surface area contributed by atoms with E-state index in [1.807, 2.05) is 32.3 Å². The van der Waals surface area contributed by atoms with Crippen LogP contribution in [0.25, 0.3) is 0 Å². The Morgan fingerprint density at radius 3 is 2.12 bits per heavy atom. The number of carbonyl (C=O) groups is 2. The molecule has 0 heterocycles. The quantitative estimate of drug-likeness (QED) is 0.624. The van der Waals surface area contributed by atoms with Crippen LogP contribution in [0, 0.1) is 5.92 Å². The highest BCUT2D eigenvalue weighted by Crippen LogP contribution is 2.21. The zero-order valence-corrected chi connectivity index (χ0v) is 16.3. The molecular weight excluding hydrogens is 314 g/mol. The highest BCUT2D eigenvalue weighted by Gasteiger charge is 2.29. The highest BCUT2D eigenvalue weighted by molar-refractivity contribution is 5.81. The summed E-state index contributed by atoms with van der Waals surface area (Å²) in [6.45, 7) is 5.66. The van der Waals surface area contributed by atoms with E-state index in [0.717, 1.165) is 31.2 Å². The number of hydrogen-bond donors (Lipinski definition) is 1. The molecular formula is C20H33N3O2. The Morgan fingerprint density at radius 1 is 1.12 bits per heavy atom. The molecule has 1 N–H and O–H groups in total. The first kappa shape index (κ1) is 21.3. The van der Waals surface area contributed by atoms with E-state index in [0.29, 0.717) is 6.54 Å². The summed E-state index contributed by atoms with van der Waals surface area (Å²) in [4.78, 5) is 28.4. The summed E-state index contributed by atoms with van der Waals surface area (Å²) in [5, 5.41) is 2.92. The average Bonchev–Trinajstić information content (AvgIpc) is 2.59. The van der Waals surface area contributed by atoms with Crippen LogP contribution in [0.2, 0.25) is 0 Å². The van der Waals surface area contributed by atoms with Gasteiger partial charge in [0.15, 0.2) is 0 Å². The van der Waals surface area contributed by atoms with E-state index in [-0.39, 0.29) is 24.4 Å². The molecule has 5 nitrogen and oxygen atoms in total. The van der Waals surface area contributed by atoms with Crippen molar-refractivity contribution in [2.75, 3.05) is 27.7 Å². The molecule has 25 heavy (non-hydrogen) atoms. The Morgan fingerprint density at radius 2 is 1.68 bits per heavy atom. The fourth-order valence-corrected chi connectivity index (χ4v) is 3.21. The second-order valence-electron chi connectivity index (χ2n) is 6.76. The van der Waals surface area contributed by atoms with Gasteiger partial charge in [0, 0.05) is 13.1 Å². The molecule has 0 aliphatic rings. The zero-order chi connectivity index (χ0) is 18.8. The monoisotopic (exact) mass is 347 g/mol. The maximum atomic E-state index is 12.7. The van der Waals surface area contributed by atoms with Crippen LogP contribution in [0.15, 0.2) is 24.3 Å². The van der Waals surface area contributed by atoms with E-state index < -0.39 is 0 Å². The van der Waals surface area contributed by atoms with Crippen LogP contribution in [0.1, 0.15) is 37.8 Å². The number of nitrogens with one attached hydrogen (secondary N) is 1.